The first-order chi connectivity index (χ1) is 9.81. The van der Waals surface area contributed by atoms with E-state index in [1.54, 1.807) is 0 Å². The van der Waals surface area contributed by atoms with Crippen LogP contribution in [0.4, 0.5) is 0 Å². The summed E-state index contributed by atoms with van der Waals surface area (Å²) in [7, 11) is 1.86. The van der Waals surface area contributed by atoms with Crippen LogP contribution in [0.2, 0.25) is 0 Å². The van der Waals surface area contributed by atoms with Crippen LogP contribution in [0.25, 0.3) is 0 Å². The Morgan fingerprint density at radius 1 is 1.25 bits per heavy atom. The minimum atomic E-state index is 0.646. The highest BCUT2D eigenvalue weighted by Crippen LogP contribution is 2.13. The number of guanidine groups is 1. The van der Waals surface area contributed by atoms with Crippen LogP contribution in [-0.4, -0.2) is 62.1 Å². The number of likely N-dealkylation sites (tertiary alicyclic amines) is 1. The molecule has 0 spiro atoms. The molecule has 1 aliphatic heterocycles. The van der Waals surface area contributed by atoms with E-state index in [0.717, 1.165) is 19.0 Å². The van der Waals surface area contributed by atoms with Crippen molar-refractivity contribution in [3.8, 4) is 0 Å². The molecule has 2 N–H and O–H groups in total. The molecule has 0 aromatic rings. The molecule has 118 valence electrons. The number of rotatable bonds is 9. The molecule has 1 heterocycles. The third-order valence-corrected chi connectivity index (χ3v) is 4.62. The molecule has 1 aliphatic rings. The van der Waals surface area contributed by atoms with Gasteiger partial charge in [0.1, 0.15) is 0 Å². The number of hydrogen-bond donors (Lipinski definition) is 2. The molecule has 0 saturated carbocycles. The Bertz CT molecular complexity index is 265. The highest BCUT2D eigenvalue weighted by Gasteiger charge is 2.20. The Morgan fingerprint density at radius 2 is 2.00 bits per heavy atom. The Labute approximate surface area is 129 Å². The van der Waals surface area contributed by atoms with Crippen molar-refractivity contribution >= 4 is 17.7 Å². The summed E-state index contributed by atoms with van der Waals surface area (Å²) in [5.74, 6) is 2.20. The Morgan fingerprint density at radius 3 is 2.60 bits per heavy atom. The first-order valence-electron chi connectivity index (χ1n) is 7.99. The number of nitrogens with one attached hydrogen (secondary N) is 2. The Hall–Kier alpha value is -0.420. The summed E-state index contributed by atoms with van der Waals surface area (Å²) in [5, 5.41) is 6.89. The fraction of sp³-hybridized carbons (Fsp3) is 0.933. The summed E-state index contributed by atoms with van der Waals surface area (Å²) in [5.41, 5.74) is 0. The lowest BCUT2D eigenvalue weighted by atomic mass is 10.2. The van der Waals surface area contributed by atoms with Gasteiger partial charge in [0.05, 0.1) is 0 Å². The van der Waals surface area contributed by atoms with Gasteiger partial charge in [0.25, 0.3) is 0 Å². The zero-order chi connectivity index (χ0) is 14.6. The summed E-state index contributed by atoms with van der Waals surface area (Å²) in [4.78, 5) is 6.92. The van der Waals surface area contributed by atoms with Gasteiger partial charge >= 0.3 is 0 Å². The SMILES string of the molecule is CCC(CNC(=NC)NCCCCSC)N1CCCC1. The largest absolute Gasteiger partial charge is 0.356 e. The summed E-state index contributed by atoms with van der Waals surface area (Å²) in [6.07, 6.45) is 8.58. The molecule has 0 aromatic carbocycles. The van der Waals surface area contributed by atoms with E-state index in [9.17, 15) is 0 Å². The van der Waals surface area contributed by atoms with Crippen LogP contribution in [0.5, 0.6) is 0 Å². The van der Waals surface area contributed by atoms with Crippen molar-refractivity contribution < 1.29 is 0 Å². The van der Waals surface area contributed by atoms with Crippen molar-refractivity contribution in [2.75, 3.05) is 45.2 Å². The van der Waals surface area contributed by atoms with E-state index in [0.29, 0.717) is 6.04 Å². The smallest absolute Gasteiger partial charge is 0.191 e. The molecule has 1 unspecified atom stereocenters. The zero-order valence-corrected chi connectivity index (χ0v) is 14.3. The number of aliphatic imine (C=N–C) groups is 1. The molecule has 20 heavy (non-hydrogen) atoms. The lowest BCUT2D eigenvalue weighted by molar-refractivity contribution is 0.236. The van der Waals surface area contributed by atoms with Crippen molar-refractivity contribution in [1.82, 2.24) is 15.5 Å². The van der Waals surface area contributed by atoms with Gasteiger partial charge in [0.2, 0.25) is 0 Å². The van der Waals surface area contributed by atoms with Crippen LogP contribution in [0.15, 0.2) is 4.99 Å². The maximum absolute atomic E-state index is 4.31. The second-order valence-corrected chi connectivity index (χ2v) is 6.37. The monoisotopic (exact) mass is 300 g/mol. The minimum absolute atomic E-state index is 0.646. The maximum atomic E-state index is 4.31. The second kappa shape index (κ2) is 11.3. The predicted octanol–water partition coefficient (Wildman–Crippen LogP) is 2.17. The van der Waals surface area contributed by atoms with E-state index in [-0.39, 0.29) is 0 Å². The van der Waals surface area contributed by atoms with Gasteiger partial charge in [-0.05, 0) is 57.2 Å². The standard InChI is InChI=1S/C15H32N4S/c1-4-14(19-10-6-7-11-19)13-18-15(16-2)17-9-5-8-12-20-3/h14H,4-13H2,1-3H3,(H2,16,17,18). The normalized spacial score (nSPS) is 18.2. The van der Waals surface area contributed by atoms with Gasteiger partial charge in [-0.2, -0.15) is 11.8 Å². The van der Waals surface area contributed by atoms with E-state index in [4.69, 9.17) is 0 Å². The number of hydrogen-bond acceptors (Lipinski definition) is 3. The summed E-state index contributed by atoms with van der Waals surface area (Å²) < 4.78 is 0. The van der Waals surface area contributed by atoms with E-state index in [1.165, 1.54) is 50.9 Å². The highest BCUT2D eigenvalue weighted by molar-refractivity contribution is 7.98. The fourth-order valence-electron chi connectivity index (χ4n) is 2.65. The third kappa shape index (κ3) is 6.84. The fourth-order valence-corrected chi connectivity index (χ4v) is 3.14. The average Bonchev–Trinajstić information content (AvgIpc) is 2.99. The topological polar surface area (TPSA) is 39.7 Å². The van der Waals surface area contributed by atoms with E-state index < -0.39 is 0 Å². The molecule has 1 fully saturated rings. The molecule has 1 saturated heterocycles. The Kier molecular flexibility index (Phi) is 9.93. The number of thioether (sulfide) groups is 1. The summed E-state index contributed by atoms with van der Waals surface area (Å²) in [6.45, 7) is 6.83. The molecule has 1 atom stereocenters. The molecule has 0 radical (unpaired) electrons. The summed E-state index contributed by atoms with van der Waals surface area (Å²) in [6, 6.07) is 0.646. The van der Waals surface area contributed by atoms with Crippen LogP contribution >= 0.6 is 11.8 Å². The van der Waals surface area contributed by atoms with Crippen molar-refractivity contribution in [3.05, 3.63) is 0 Å². The van der Waals surface area contributed by atoms with Crippen molar-refractivity contribution in [2.45, 2.75) is 45.1 Å². The van der Waals surface area contributed by atoms with Gasteiger partial charge in [0, 0.05) is 26.2 Å². The lowest BCUT2D eigenvalue weighted by Gasteiger charge is -2.27. The summed E-state index contributed by atoms with van der Waals surface area (Å²) >= 11 is 1.92. The molecule has 4 nitrogen and oxygen atoms in total. The second-order valence-electron chi connectivity index (χ2n) is 5.38. The van der Waals surface area contributed by atoms with Crippen LogP contribution in [0.1, 0.15) is 39.0 Å². The van der Waals surface area contributed by atoms with Crippen LogP contribution < -0.4 is 10.6 Å². The van der Waals surface area contributed by atoms with Crippen LogP contribution in [0, 0.1) is 0 Å². The van der Waals surface area contributed by atoms with E-state index >= 15 is 0 Å². The first-order valence-corrected chi connectivity index (χ1v) is 9.38. The van der Waals surface area contributed by atoms with Gasteiger partial charge in [-0.25, -0.2) is 0 Å². The highest BCUT2D eigenvalue weighted by atomic mass is 32.2. The van der Waals surface area contributed by atoms with E-state index in [1.807, 2.05) is 18.8 Å². The zero-order valence-electron chi connectivity index (χ0n) is 13.5. The molecule has 1 rings (SSSR count). The molecular formula is C15H32N4S. The Balaban J connectivity index is 2.18. The molecule has 0 aliphatic carbocycles. The third-order valence-electron chi connectivity index (χ3n) is 3.92. The van der Waals surface area contributed by atoms with Crippen LogP contribution in [0.3, 0.4) is 0 Å². The molecule has 0 aromatic heterocycles. The number of nitrogens with zero attached hydrogens (tertiary/aromatic N) is 2. The average molecular weight is 301 g/mol. The minimum Gasteiger partial charge on any atom is -0.356 e. The maximum Gasteiger partial charge on any atom is 0.191 e. The van der Waals surface area contributed by atoms with Gasteiger partial charge in [0.15, 0.2) is 5.96 Å². The molecule has 0 bridgehead atoms. The lowest BCUT2D eigenvalue weighted by Crippen LogP contribution is -2.46. The quantitative estimate of drug-likeness (QED) is 0.389. The first kappa shape index (κ1) is 17.6. The van der Waals surface area contributed by atoms with Crippen molar-refractivity contribution in [1.29, 1.82) is 0 Å². The van der Waals surface area contributed by atoms with Crippen molar-refractivity contribution in [3.63, 3.8) is 0 Å². The predicted molar refractivity (Wildman–Crippen MR) is 91.9 cm³/mol. The van der Waals surface area contributed by atoms with E-state index in [2.05, 4.69) is 33.7 Å². The van der Waals surface area contributed by atoms with Gasteiger partial charge < -0.3 is 10.6 Å². The van der Waals surface area contributed by atoms with Crippen LogP contribution in [-0.2, 0) is 0 Å². The molecular weight excluding hydrogens is 268 g/mol. The molecule has 0 amide bonds. The number of unbranched alkanes of at least 4 members (excludes halogenated alkanes) is 1. The molecule has 5 heteroatoms. The van der Waals surface area contributed by atoms with Crippen molar-refractivity contribution in [2.24, 2.45) is 4.99 Å². The van der Waals surface area contributed by atoms with Gasteiger partial charge in [-0.3, -0.25) is 9.89 Å². The van der Waals surface area contributed by atoms with Gasteiger partial charge in [-0.1, -0.05) is 6.92 Å². The van der Waals surface area contributed by atoms with Gasteiger partial charge in [-0.15, -0.1) is 0 Å².